The molecule has 3 aromatic rings. The minimum Gasteiger partial charge on any atom is -0.497 e. The molecule has 3 heterocycles. The first kappa shape index (κ1) is 19.4. The zero-order valence-corrected chi connectivity index (χ0v) is 16.7. The van der Waals surface area contributed by atoms with Gasteiger partial charge in [0.05, 0.1) is 19.3 Å². The molecule has 0 bridgehead atoms. The topological polar surface area (TPSA) is 81.0 Å². The summed E-state index contributed by atoms with van der Waals surface area (Å²) >= 11 is 0. The SMILES string of the molecule is COCCN1CC[C@H](c2nnc3ccc(C(=O)Nc4cccc(OC)c4)cn23)C1. The summed E-state index contributed by atoms with van der Waals surface area (Å²) in [5, 5.41) is 11.6. The lowest BCUT2D eigenvalue weighted by Gasteiger charge is -2.14. The standard InChI is InChI=1S/C21H25N5O3/c1-28-11-10-25-9-8-15(13-25)20-24-23-19-7-6-16(14-26(19)20)21(27)22-17-4-3-5-18(12-17)29-2/h3-7,12,14-15H,8-11,13H2,1-2H3,(H,22,27)/t15-/m0/s1. The van der Waals surface area contributed by atoms with Gasteiger partial charge < -0.3 is 19.7 Å². The summed E-state index contributed by atoms with van der Waals surface area (Å²) in [6.07, 6.45) is 2.84. The van der Waals surface area contributed by atoms with Crippen LogP contribution in [0.15, 0.2) is 42.6 Å². The second kappa shape index (κ2) is 8.59. The summed E-state index contributed by atoms with van der Waals surface area (Å²) in [6, 6.07) is 10.9. The van der Waals surface area contributed by atoms with Gasteiger partial charge in [-0.25, -0.2) is 0 Å². The van der Waals surface area contributed by atoms with Crippen LogP contribution in [0, 0.1) is 0 Å². The van der Waals surface area contributed by atoms with E-state index in [1.807, 2.05) is 34.9 Å². The maximum Gasteiger partial charge on any atom is 0.257 e. The van der Waals surface area contributed by atoms with Crippen LogP contribution in [0.3, 0.4) is 0 Å². The number of ether oxygens (including phenoxy) is 2. The van der Waals surface area contributed by atoms with Crippen molar-refractivity contribution in [1.29, 1.82) is 0 Å². The van der Waals surface area contributed by atoms with Gasteiger partial charge in [0.1, 0.15) is 11.6 Å². The van der Waals surface area contributed by atoms with E-state index < -0.39 is 0 Å². The monoisotopic (exact) mass is 395 g/mol. The Hall–Kier alpha value is -2.97. The van der Waals surface area contributed by atoms with Crippen LogP contribution in [0.1, 0.15) is 28.5 Å². The van der Waals surface area contributed by atoms with Gasteiger partial charge in [0, 0.05) is 44.1 Å². The van der Waals surface area contributed by atoms with E-state index in [4.69, 9.17) is 9.47 Å². The second-order valence-electron chi connectivity index (χ2n) is 7.17. The van der Waals surface area contributed by atoms with Crippen LogP contribution >= 0.6 is 0 Å². The van der Waals surface area contributed by atoms with Gasteiger partial charge in [-0.05, 0) is 37.2 Å². The van der Waals surface area contributed by atoms with Crippen LogP contribution in [-0.4, -0.2) is 65.9 Å². The molecule has 4 rings (SSSR count). The number of carbonyl (C=O) groups excluding carboxylic acids is 1. The van der Waals surface area contributed by atoms with E-state index in [0.717, 1.165) is 44.1 Å². The lowest BCUT2D eigenvalue weighted by Crippen LogP contribution is -2.24. The minimum absolute atomic E-state index is 0.187. The molecule has 1 aromatic carbocycles. The number of aromatic nitrogens is 3. The summed E-state index contributed by atoms with van der Waals surface area (Å²) in [6.45, 7) is 3.57. The van der Waals surface area contributed by atoms with Crippen LogP contribution in [0.2, 0.25) is 0 Å². The van der Waals surface area contributed by atoms with Crippen molar-refractivity contribution < 1.29 is 14.3 Å². The van der Waals surface area contributed by atoms with Crippen LogP contribution in [0.4, 0.5) is 5.69 Å². The molecule has 8 nitrogen and oxygen atoms in total. The maximum absolute atomic E-state index is 12.8. The highest BCUT2D eigenvalue weighted by Crippen LogP contribution is 2.26. The maximum atomic E-state index is 12.8. The largest absolute Gasteiger partial charge is 0.497 e. The third-order valence-electron chi connectivity index (χ3n) is 5.27. The highest BCUT2D eigenvalue weighted by molar-refractivity contribution is 6.04. The number of amides is 1. The van der Waals surface area contributed by atoms with E-state index in [0.29, 0.717) is 22.9 Å². The van der Waals surface area contributed by atoms with E-state index in [1.165, 1.54) is 0 Å². The van der Waals surface area contributed by atoms with E-state index in [2.05, 4.69) is 20.4 Å². The van der Waals surface area contributed by atoms with Gasteiger partial charge in [-0.3, -0.25) is 9.20 Å². The zero-order chi connectivity index (χ0) is 20.2. The lowest BCUT2D eigenvalue weighted by atomic mass is 10.1. The molecule has 29 heavy (non-hydrogen) atoms. The summed E-state index contributed by atoms with van der Waals surface area (Å²) in [7, 11) is 3.32. The first-order valence-corrected chi connectivity index (χ1v) is 9.69. The number of nitrogens with zero attached hydrogens (tertiary/aromatic N) is 4. The number of benzene rings is 1. The number of carbonyl (C=O) groups is 1. The highest BCUT2D eigenvalue weighted by atomic mass is 16.5. The average molecular weight is 395 g/mol. The van der Waals surface area contributed by atoms with Crippen molar-refractivity contribution in [1.82, 2.24) is 19.5 Å². The molecule has 0 radical (unpaired) electrons. The van der Waals surface area contributed by atoms with Crippen molar-refractivity contribution >= 4 is 17.2 Å². The van der Waals surface area contributed by atoms with Gasteiger partial charge in [-0.1, -0.05) is 6.07 Å². The van der Waals surface area contributed by atoms with Crippen LogP contribution < -0.4 is 10.1 Å². The molecular formula is C21H25N5O3. The highest BCUT2D eigenvalue weighted by Gasteiger charge is 2.27. The molecule has 1 aliphatic rings. The zero-order valence-electron chi connectivity index (χ0n) is 16.7. The minimum atomic E-state index is -0.187. The number of anilines is 1. The van der Waals surface area contributed by atoms with Crippen molar-refractivity contribution in [2.75, 3.05) is 45.8 Å². The third kappa shape index (κ3) is 4.23. The van der Waals surface area contributed by atoms with Gasteiger partial charge in [0.25, 0.3) is 5.91 Å². The Balaban J connectivity index is 1.53. The molecular weight excluding hydrogens is 370 g/mol. The van der Waals surface area contributed by atoms with E-state index in [1.54, 1.807) is 26.4 Å². The van der Waals surface area contributed by atoms with E-state index in [-0.39, 0.29) is 5.91 Å². The number of likely N-dealkylation sites (tertiary alicyclic amines) is 1. The summed E-state index contributed by atoms with van der Waals surface area (Å²) in [5.74, 6) is 1.70. The Morgan fingerprint density at radius 1 is 1.24 bits per heavy atom. The Bertz CT molecular complexity index is 1000. The molecule has 0 saturated carbocycles. The predicted molar refractivity (Wildman–Crippen MR) is 110 cm³/mol. The number of nitrogens with one attached hydrogen (secondary N) is 1. The molecule has 0 spiro atoms. The smallest absolute Gasteiger partial charge is 0.257 e. The first-order valence-electron chi connectivity index (χ1n) is 9.69. The first-order chi connectivity index (χ1) is 14.2. The molecule has 1 N–H and O–H groups in total. The van der Waals surface area contributed by atoms with Gasteiger partial charge in [-0.15, -0.1) is 10.2 Å². The number of hydrogen-bond acceptors (Lipinski definition) is 6. The molecule has 152 valence electrons. The Morgan fingerprint density at radius 3 is 2.97 bits per heavy atom. The number of methoxy groups -OCH3 is 2. The fourth-order valence-electron chi connectivity index (χ4n) is 3.69. The van der Waals surface area contributed by atoms with Crippen LogP contribution in [-0.2, 0) is 4.74 Å². The van der Waals surface area contributed by atoms with Crippen LogP contribution in [0.5, 0.6) is 5.75 Å². The molecule has 1 fully saturated rings. The van der Waals surface area contributed by atoms with Crippen LogP contribution in [0.25, 0.3) is 5.65 Å². The number of fused-ring (bicyclic) bond motifs is 1. The summed E-state index contributed by atoms with van der Waals surface area (Å²) in [4.78, 5) is 15.1. The fraction of sp³-hybridized carbons (Fsp3) is 0.381. The van der Waals surface area contributed by atoms with Gasteiger partial charge in [-0.2, -0.15) is 0 Å². The Kier molecular flexibility index (Phi) is 5.73. The molecule has 0 unspecified atom stereocenters. The Labute approximate surface area is 169 Å². The predicted octanol–water partition coefficient (Wildman–Crippen LogP) is 2.43. The lowest BCUT2D eigenvalue weighted by molar-refractivity contribution is 0.102. The van der Waals surface area contributed by atoms with Crippen molar-refractivity contribution in [2.45, 2.75) is 12.3 Å². The quantitative estimate of drug-likeness (QED) is 0.662. The van der Waals surface area contributed by atoms with Crippen molar-refractivity contribution in [3.8, 4) is 5.75 Å². The Morgan fingerprint density at radius 2 is 2.14 bits per heavy atom. The molecule has 8 heteroatoms. The second-order valence-corrected chi connectivity index (χ2v) is 7.17. The summed E-state index contributed by atoms with van der Waals surface area (Å²) < 4.78 is 12.3. The average Bonchev–Trinajstić information content (AvgIpc) is 3.38. The van der Waals surface area contributed by atoms with E-state index in [9.17, 15) is 4.79 Å². The van der Waals surface area contributed by atoms with Gasteiger partial charge in [0.2, 0.25) is 0 Å². The van der Waals surface area contributed by atoms with E-state index >= 15 is 0 Å². The number of pyridine rings is 1. The number of rotatable bonds is 7. The molecule has 0 aliphatic carbocycles. The number of hydrogen-bond donors (Lipinski definition) is 1. The molecule has 1 amide bonds. The summed E-state index contributed by atoms with van der Waals surface area (Å²) in [5.41, 5.74) is 1.98. The fourth-order valence-corrected chi connectivity index (χ4v) is 3.69. The van der Waals surface area contributed by atoms with Crippen molar-refractivity contribution in [2.24, 2.45) is 0 Å². The molecule has 1 atom stereocenters. The van der Waals surface area contributed by atoms with Crippen molar-refractivity contribution in [3.05, 3.63) is 54.0 Å². The van der Waals surface area contributed by atoms with Gasteiger partial charge in [0.15, 0.2) is 5.65 Å². The normalized spacial score (nSPS) is 17.0. The molecule has 2 aromatic heterocycles. The molecule has 1 aliphatic heterocycles. The van der Waals surface area contributed by atoms with Gasteiger partial charge >= 0.3 is 0 Å². The molecule has 1 saturated heterocycles. The van der Waals surface area contributed by atoms with Crippen molar-refractivity contribution in [3.63, 3.8) is 0 Å². The third-order valence-corrected chi connectivity index (χ3v) is 5.27.